The summed E-state index contributed by atoms with van der Waals surface area (Å²) in [5.74, 6) is -0.852. The number of benzene rings is 2. The van der Waals surface area contributed by atoms with Crippen LogP contribution >= 0.6 is 0 Å². The summed E-state index contributed by atoms with van der Waals surface area (Å²) in [7, 11) is 1.40. The maximum Gasteiger partial charge on any atom is 0.254 e. The van der Waals surface area contributed by atoms with Crippen molar-refractivity contribution in [2.45, 2.75) is 19.4 Å². The Balaban J connectivity index is 1.85. The zero-order valence-corrected chi connectivity index (χ0v) is 14.8. The number of nitrogens with two attached hydrogens (primary N) is 1. The lowest BCUT2D eigenvalue weighted by molar-refractivity contribution is -0.120. The van der Waals surface area contributed by atoms with Crippen LogP contribution in [0.4, 0.5) is 0 Å². The molecule has 0 saturated carbocycles. The van der Waals surface area contributed by atoms with E-state index >= 15 is 0 Å². The number of primary amides is 1. The number of rotatable bonds is 4. The molecule has 1 aliphatic rings. The summed E-state index contributed by atoms with van der Waals surface area (Å²) in [6, 6.07) is 14.6. The van der Waals surface area contributed by atoms with Crippen molar-refractivity contribution in [1.82, 2.24) is 4.90 Å². The highest BCUT2D eigenvalue weighted by Crippen LogP contribution is 2.25. The maximum atomic E-state index is 12.8. The minimum atomic E-state index is -0.863. The number of nitrogens with zero attached hydrogens (tertiary/aromatic N) is 2. The highest BCUT2D eigenvalue weighted by molar-refractivity contribution is 6.13. The van der Waals surface area contributed by atoms with Gasteiger partial charge in [0, 0.05) is 18.5 Å². The van der Waals surface area contributed by atoms with Gasteiger partial charge in [-0.3, -0.25) is 9.59 Å². The van der Waals surface area contributed by atoms with Gasteiger partial charge in [-0.1, -0.05) is 41.6 Å². The smallest absolute Gasteiger partial charge is 0.254 e. The molecule has 2 aromatic rings. The molecule has 1 saturated heterocycles. The summed E-state index contributed by atoms with van der Waals surface area (Å²) in [4.78, 5) is 30.9. The average molecular weight is 351 g/mol. The van der Waals surface area contributed by atoms with Crippen molar-refractivity contribution in [3.8, 4) is 11.1 Å². The van der Waals surface area contributed by atoms with Crippen molar-refractivity contribution in [3.05, 3.63) is 59.7 Å². The fourth-order valence-corrected chi connectivity index (χ4v) is 3.29. The summed E-state index contributed by atoms with van der Waals surface area (Å²) < 4.78 is 0. The van der Waals surface area contributed by atoms with Crippen molar-refractivity contribution in [2.24, 2.45) is 10.9 Å². The van der Waals surface area contributed by atoms with Crippen molar-refractivity contribution in [2.75, 3.05) is 13.7 Å². The molecule has 6 heteroatoms. The molecular weight excluding hydrogens is 330 g/mol. The van der Waals surface area contributed by atoms with Crippen LogP contribution in [0.5, 0.6) is 0 Å². The standard InChI is InChI=1S/C20H21N3O3/c1-13-5-3-4-6-16(13)14-7-9-15(10-8-14)20(25)23-12-11-17(22-26-2)18(23)19(21)24/h3-10,18H,11-12H2,1-2H3,(H2,21,24). The predicted molar refractivity (Wildman–Crippen MR) is 99.7 cm³/mol. The molecule has 6 nitrogen and oxygen atoms in total. The highest BCUT2D eigenvalue weighted by atomic mass is 16.6. The van der Waals surface area contributed by atoms with E-state index in [-0.39, 0.29) is 5.91 Å². The van der Waals surface area contributed by atoms with Gasteiger partial charge >= 0.3 is 0 Å². The number of hydrogen-bond donors (Lipinski definition) is 1. The van der Waals surface area contributed by atoms with Crippen molar-refractivity contribution >= 4 is 17.5 Å². The van der Waals surface area contributed by atoms with E-state index in [2.05, 4.69) is 5.16 Å². The Morgan fingerprint density at radius 3 is 2.46 bits per heavy atom. The second kappa shape index (κ2) is 7.39. The molecule has 2 amide bonds. The summed E-state index contributed by atoms with van der Waals surface area (Å²) in [5.41, 5.74) is 9.78. The van der Waals surface area contributed by atoms with Crippen LogP contribution in [-0.2, 0) is 9.63 Å². The van der Waals surface area contributed by atoms with E-state index in [4.69, 9.17) is 10.6 Å². The zero-order chi connectivity index (χ0) is 18.7. The lowest BCUT2D eigenvalue weighted by Crippen LogP contribution is -2.46. The van der Waals surface area contributed by atoms with Gasteiger partial charge in [0.05, 0.1) is 5.71 Å². The summed E-state index contributed by atoms with van der Waals surface area (Å²) >= 11 is 0. The first-order valence-electron chi connectivity index (χ1n) is 8.39. The summed E-state index contributed by atoms with van der Waals surface area (Å²) in [6.07, 6.45) is 0.467. The first-order chi connectivity index (χ1) is 12.5. The molecule has 0 aromatic heterocycles. The van der Waals surface area contributed by atoms with Gasteiger partial charge in [0.15, 0.2) is 6.04 Å². The van der Waals surface area contributed by atoms with E-state index in [1.165, 1.54) is 17.6 Å². The molecule has 26 heavy (non-hydrogen) atoms. The summed E-state index contributed by atoms with van der Waals surface area (Å²) in [5, 5.41) is 3.84. The topological polar surface area (TPSA) is 85.0 Å². The maximum absolute atomic E-state index is 12.8. The van der Waals surface area contributed by atoms with Crippen molar-refractivity contribution in [3.63, 3.8) is 0 Å². The van der Waals surface area contributed by atoms with Gasteiger partial charge in [-0.05, 0) is 35.7 Å². The van der Waals surface area contributed by atoms with Gasteiger partial charge < -0.3 is 15.5 Å². The second-order valence-corrected chi connectivity index (χ2v) is 6.21. The Morgan fingerprint density at radius 2 is 1.85 bits per heavy atom. The molecule has 0 spiro atoms. The van der Waals surface area contributed by atoms with Gasteiger partial charge in [0.2, 0.25) is 5.91 Å². The van der Waals surface area contributed by atoms with Gasteiger partial charge in [-0.2, -0.15) is 0 Å². The van der Waals surface area contributed by atoms with Crippen LogP contribution in [0.2, 0.25) is 0 Å². The van der Waals surface area contributed by atoms with E-state index in [9.17, 15) is 9.59 Å². The van der Waals surface area contributed by atoms with Crippen LogP contribution in [0.25, 0.3) is 11.1 Å². The number of amides is 2. The molecule has 1 heterocycles. The normalized spacial score (nSPS) is 18.2. The fourth-order valence-electron chi connectivity index (χ4n) is 3.29. The molecule has 3 rings (SSSR count). The molecule has 1 fully saturated rings. The van der Waals surface area contributed by atoms with E-state index in [1.54, 1.807) is 12.1 Å². The van der Waals surface area contributed by atoms with E-state index in [0.717, 1.165) is 11.1 Å². The largest absolute Gasteiger partial charge is 0.399 e. The molecule has 0 aliphatic carbocycles. The van der Waals surface area contributed by atoms with Crippen LogP contribution in [-0.4, -0.2) is 42.1 Å². The number of hydrogen-bond acceptors (Lipinski definition) is 4. The second-order valence-electron chi connectivity index (χ2n) is 6.21. The number of likely N-dealkylation sites (tertiary alicyclic amines) is 1. The Hall–Kier alpha value is -3.15. The van der Waals surface area contributed by atoms with Crippen LogP contribution in [0, 0.1) is 6.92 Å². The predicted octanol–water partition coefficient (Wildman–Crippen LogP) is 2.36. The zero-order valence-electron chi connectivity index (χ0n) is 14.8. The fraction of sp³-hybridized carbons (Fsp3) is 0.250. The minimum Gasteiger partial charge on any atom is -0.399 e. The van der Waals surface area contributed by atoms with Crippen molar-refractivity contribution in [1.29, 1.82) is 0 Å². The molecule has 1 atom stereocenters. The Morgan fingerprint density at radius 1 is 1.15 bits per heavy atom. The third-order valence-corrected chi connectivity index (χ3v) is 4.56. The molecule has 1 aliphatic heterocycles. The van der Waals surface area contributed by atoms with Gasteiger partial charge in [-0.15, -0.1) is 0 Å². The molecule has 0 bridgehead atoms. The average Bonchev–Trinajstić information content (AvgIpc) is 3.06. The van der Waals surface area contributed by atoms with Gasteiger partial charge in [-0.25, -0.2) is 0 Å². The molecule has 2 aromatic carbocycles. The lowest BCUT2D eigenvalue weighted by atomic mass is 9.99. The minimum absolute atomic E-state index is 0.244. The van der Waals surface area contributed by atoms with Crippen LogP contribution in [0.1, 0.15) is 22.3 Å². The molecule has 134 valence electrons. The highest BCUT2D eigenvalue weighted by Gasteiger charge is 2.39. The van der Waals surface area contributed by atoms with Crippen LogP contribution < -0.4 is 5.73 Å². The molecule has 0 radical (unpaired) electrons. The van der Waals surface area contributed by atoms with Crippen molar-refractivity contribution < 1.29 is 14.4 Å². The monoisotopic (exact) mass is 351 g/mol. The van der Waals surface area contributed by atoms with Crippen LogP contribution in [0.3, 0.4) is 0 Å². The lowest BCUT2D eigenvalue weighted by Gasteiger charge is -2.22. The Bertz CT molecular complexity index is 859. The van der Waals surface area contributed by atoms with Gasteiger partial charge in [0.1, 0.15) is 7.11 Å². The number of oxime groups is 1. The first-order valence-corrected chi connectivity index (χ1v) is 8.39. The molecular formula is C20H21N3O3. The molecule has 2 N–H and O–H groups in total. The number of carbonyl (C=O) groups excluding carboxylic acids is 2. The SMILES string of the molecule is CON=C1CCN(C(=O)c2ccc(-c3ccccc3C)cc2)C1C(N)=O. The third-order valence-electron chi connectivity index (χ3n) is 4.56. The Labute approximate surface area is 152 Å². The third kappa shape index (κ3) is 3.31. The first kappa shape index (κ1) is 17.7. The molecule has 1 unspecified atom stereocenters. The number of carbonyl (C=O) groups is 2. The number of aryl methyl sites for hydroxylation is 1. The van der Waals surface area contributed by atoms with Crippen LogP contribution in [0.15, 0.2) is 53.7 Å². The van der Waals surface area contributed by atoms with E-state index in [0.29, 0.717) is 24.2 Å². The van der Waals surface area contributed by atoms with E-state index in [1.807, 2.05) is 43.3 Å². The summed E-state index contributed by atoms with van der Waals surface area (Å²) in [6.45, 7) is 2.43. The Kier molecular flexibility index (Phi) is 5.02. The van der Waals surface area contributed by atoms with Gasteiger partial charge in [0.25, 0.3) is 5.91 Å². The van der Waals surface area contributed by atoms with E-state index < -0.39 is 11.9 Å². The quantitative estimate of drug-likeness (QED) is 0.858.